The Morgan fingerprint density at radius 2 is 1.71 bits per heavy atom. The fourth-order valence-electron chi connectivity index (χ4n) is 1.92. The molecule has 0 saturated heterocycles. The molecule has 0 fully saturated rings. The van der Waals surface area contributed by atoms with Crippen molar-refractivity contribution < 1.29 is 29.3 Å². The van der Waals surface area contributed by atoms with Gasteiger partial charge in [0.1, 0.15) is 17.2 Å². The van der Waals surface area contributed by atoms with E-state index in [4.69, 9.17) is 14.6 Å². The van der Waals surface area contributed by atoms with Crippen molar-refractivity contribution in [2.75, 3.05) is 12.4 Å². The summed E-state index contributed by atoms with van der Waals surface area (Å²) in [7, 11) is 1.55. The van der Waals surface area contributed by atoms with E-state index in [1.165, 1.54) is 12.1 Å². The molecule has 1 atom stereocenters. The van der Waals surface area contributed by atoms with E-state index in [2.05, 4.69) is 5.32 Å². The zero-order chi connectivity index (χ0) is 17.7. The number of carboxylic acid groups (broad SMARTS) is 1. The molecule has 24 heavy (non-hydrogen) atoms. The molecule has 0 radical (unpaired) electrons. The van der Waals surface area contributed by atoms with Gasteiger partial charge >= 0.3 is 5.97 Å². The van der Waals surface area contributed by atoms with Crippen molar-refractivity contribution in [1.29, 1.82) is 0 Å². The van der Waals surface area contributed by atoms with Gasteiger partial charge in [-0.25, -0.2) is 4.79 Å². The van der Waals surface area contributed by atoms with Crippen LogP contribution >= 0.6 is 0 Å². The second-order valence-electron chi connectivity index (χ2n) is 4.96. The highest BCUT2D eigenvalue weighted by Crippen LogP contribution is 2.25. The number of benzene rings is 2. The third-order valence-electron chi connectivity index (χ3n) is 3.24. The van der Waals surface area contributed by atoms with E-state index < -0.39 is 18.0 Å². The monoisotopic (exact) mass is 331 g/mol. The maximum atomic E-state index is 12.1. The summed E-state index contributed by atoms with van der Waals surface area (Å²) in [6.45, 7) is 1.56. The van der Waals surface area contributed by atoms with Gasteiger partial charge < -0.3 is 25.0 Å². The van der Waals surface area contributed by atoms with Gasteiger partial charge in [0, 0.05) is 0 Å². The standard InChI is InChI=1S/C17H17NO6/c1-10(24-13-6-4-12(23-2)5-7-13)16(20)18-14-8-3-11(17(21)22)9-15(14)19/h3-10,19H,1-2H3,(H,18,20)(H,21,22). The average Bonchev–Trinajstić information content (AvgIpc) is 2.57. The third-order valence-corrected chi connectivity index (χ3v) is 3.24. The van der Waals surface area contributed by atoms with Crippen LogP contribution in [0.25, 0.3) is 0 Å². The number of carbonyl (C=O) groups is 2. The predicted octanol–water partition coefficient (Wildman–Crippen LogP) is 2.50. The largest absolute Gasteiger partial charge is 0.506 e. The van der Waals surface area contributed by atoms with Gasteiger partial charge in [-0.05, 0) is 49.4 Å². The van der Waals surface area contributed by atoms with Crippen LogP contribution in [-0.4, -0.2) is 35.3 Å². The highest BCUT2D eigenvalue weighted by atomic mass is 16.5. The quantitative estimate of drug-likeness (QED) is 0.703. The van der Waals surface area contributed by atoms with E-state index in [0.717, 1.165) is 6.07 Å². The lowest BCUT2D eigenvalue weighted by atomic mass is 10.2. The van der Waals surface area contributed by atoms with E-state index >= 15 is 0 Å². The number of hydrogen-bond donors (Lipinski definition) is 3. The molecule has 0 spiro atoms. The molecule has 7 nitrogen and oxygen atoms in total. The first-order valence-electron chi connectivity index (χ1n) is 7.08. The molecule has 1 unspecified atom stereocenters. The van der Waals surface area contributed by atoms with E-state index in [1.54, 1.807) is 38.3 Å². The van der Waals surface area contributed by atoms with Gasteiger partial charge in [0.2, 0.25) is 0 Å². The van der Waals surface area contributed by atoms with Crippen LogP contribution in [-0.2, 0) is 4.79 Å². The molecular weight excluding hydrogens is 314 g/mol. The summed E-state index contributed by atoms with van der Waals surface area (Å²) in [5.74, 6) is -0.824. The Hall–Kier alpha value is -3.22. The summed E-state index contributed by atoms with van der Waals surface area (Å²) in [5.41, 5.74) is 0.0308. The number of methoxy groups -OCH3 is 1. The van der Waals surface area contributed by atoms with Crippen LogP contribution in [0.1, 0.15) is 17.3 Å². The zero-order valence-corrected chi connectivity index (χ0v) is 13.1. The summed E-state index contributed by atoms with van der Waals surface area (Å²) in [5, 5.41) is 21.1. The molecule has 2 rings (SSSR count). The molecule has 0 heterocycles. The van der Waals surface area contributed by atoms with Crippen molar-refractivity contribution in [2.24, 2.45) is 0 Å². The van der Waals surface area contributed by atoms with Gasteiger partial charge in [0.15, 0.2) is 6.10 Å². The fourth-order valence-corrected chi connectivity index (χ4v) is 1.92. The van der Waals surface area contributed by atoms with Crippen LogP contribution in [0.15, 0.2) is 42.5 Å². The number of amides is 1. The van der Waals surface area contributed by atoms with Crippen molar-refractivity contribution in [3.63, 3.8) is 0 Å². The second kappa shape index (κ2) is 7.36. The second-order valence-corrected chi connectivity index (χ2v) is 4.96. The van der Waals surface area contributed by atoms with Crippen molar-refractivity contribution >= 4 is 17.6 Å². The molecule has 0 aliphatic carbocycles. The maximum absolute atomic E-state index is 12.1. The number of nitrogens with one attached hydrogen (secondary N) is 1. The topological polar surface area (TPSA) is 105 Å². The number of anilines is 1. The van der Waals surface area contributed by atoms with Crippen molar-refractivity contribution in [1.82, 2.24) is 0 Å². The summed E-state index contributed by atoms with van der Waals surface area (Å²) >= 11 is 0. The average molecular weight is 331 g/mol. The highest BCUT2D eigenvalue weighted by molar-refractivity contribution is 5.96. The SMILES string of the molecule is COc1ccc(OC(C)C(=O)Nc2ccc(C(=O)O)cc2O)cc1. The first-order valence-corrected chi connectivity index (χ1v) is 7.08. The van der Waals surface area contributed by atoms with Crippen LogP contribution in [0.3, 0.4) is 0 Å². The molecule has 0 saturated carbocycles. The van der Waals surface area contributed by atoms with Crippen LogP contribution in [0.5, 0.6) is 17.2 Å². The minimum absolute atomic E-state index is 0.0759. The Labute approximate surface area is 138 Å². The molecular formula is C17H17NO6. The van der Waals surface area contributed by atoms with Gasteiger partial charge in [0.25, 0.3) is 5.91 Å². The predicted molar refractivity (Wildman–Crippen MR) is 86.8 cm³/mol. The molecule has 0 aliphatic heterocycles. The molecule has 2 aromatic carbocycles. The minimum Gasteiger partial charge on any atom is -0.506 e. The number of hydrogen-bond acceptors (Lipinski definition) is 5. The van der Waals surface area contributed by atoms with E-state index in [1.807, 2.05) is 0 Å². The number of phenols is 1. The lowest BCUT2D eigenvalue weighted by Crippen LogP contribution is -2.30. The first-order chi connectivity index (χ1) is 11.4. The van der Waals surface area contributed by atoms with Crippen molar-refractivity contribution in [2.45, 2.75) is 13.0 Å². The van der Waals surface area contributed by atoms with Gasteiger partial charge in [-0.1, -0.05) is 0 Å². The lowest BCUT2D eigenvalue weighted by molar-refractivity contribution is -0.122. The molecule has 2 aromatic rings. The summed E-state index contributed by atoms with van der Waals surface area (Å²) in [6, 6.07) is 10.4. The number of phenolic OH excluding ortho intramolecular Hbond substituents is 1. The Bertz CT molecular complexity index is 741. The third kappa shape index (κ3) is 4.16. The zero-order valence-electron chi connectivity index (χ0n) is 13.1. The summed E-state index contributed by atoms with van der Waals surface area (Å²) < 4.78 is 10.5. The van der Waals surface area contributed by atoms with Gasteiger partial charge in [-0.3, -0.25) is 4.79 Å². The number of carbonyl (C=O) groups excluding carboxylic acids is 1. The Kier molecular flexibility index (Phi) is 5.26. The van der Waals surface area contributed by atoms with Crippen LogP contribution in [0.2, 0.25) is 0 Å². The van der Waals surface area contributed by atoms with Gasteiger partial charge in [-0.15, -0.1) is 0 Å². The van der Waals surface area contributed by atoms with Crippen LogP contribution in [0, 0.1) is 0 Å². The number of carboxylic acids is 1. The van der Waals surface area contributed by atoms with Crippen LogP contribution in [0.4, 0.5) is 5.69 Å². The summed E-state index contributed by atoms with van der Waals surface area (Å²) in [6.07, 6.45) is -0.822. The molecule has 0 aromatic heterocycles. The molecule has 0 bridgehead atoms. The minimum atomic E-state index is -1.17. The maximum Gasteiger partial charge on any atom is 0.335 e. The normalized spacial score (nSPS) is 11.4. The molecule has 3 N–H and O–H groups in total. The smallest absolute Gasteiger partial charge is 0.335 e. The number of rotatable bonds is 6. The van der Waals surface area contributed by atoms with Crippen LogP contribution < -0.4 is 14.8 Å². The number of ether oxygens (including phenoxy) is 2. The Morgan fingerprint density at radius 1 is 1.08 bits per heavy atom. The van der Waals surface area contributed by atoms with E-state index in [9.17, 15) is 14.7 Å². The Balaban J connectivity index is 2.01. The van der Waals surface area contributed by atoms with Gasteiger partial charge in [-0.2, -0.15) is 0 Å². The number of aromatic hydroxyl groups is 1. The van der Waals surface area contributed by atoms with E-state index in [0.29, 0.717) is 11.5 Å². The van der Waals surface area contributed by atoms with Gasteiger partial charge in [0.05, 0.1) is 18.4 Å². The van der Waals surface area contributed by atoms with Crippen molar-refractivity contribution in [3.05, 3.63) is 48.0 Å². The Morgan fingerprint density at radius 3 is 2.25 bits per heavy atom. The molecule has 0 aliphatic rings. The molecule has 1 amide bonds. The molecule has 7 heteroatoms. The molecule has 126 valence electrons. The van der Waals surface area contributed by atoms with E-state index in [-0.39, 0.29) is 17.0 Å². The summed E-state index contributed by atoms with van der Waals surface area (Å²) in [4.78, 5) is 22.9. The van der Waals surface area contributed by atoms with Crippen molar-refractivity contribution in [3.8, 4) is 17.2 Å². The fraction of sp³-hybridized carbons (Fsp3) is 0.176. The number of aromatic carboxylic acids is 1. The lowest BCUT2D eigenvalue weighted by Gasteiger charge is -2.15. The first kappa shape index (κ1) is 17.1. The highest BCUT2D eigenvalue weighted by Gasteiger charge is 2.17.